The standard InChI is InChI=1S/C11H13NO4.ClH/c1-16-8-4-2-3-7(5-8)10(13)6-9(12)11(14)15;/h2-5,9H,6,12H2,1H3,(H,14,15);1H/t9-;/m0./s1. The Kier molecular flexibility index (Phi) is 6.23. The van der Waals surface area contributed by atoms with Crippen molar-refractivity contribution in [2.75, 3.05) is 7.11 Å². The van der Waals surface area contributed by atoms with Crippen molar-refractivity contribution >= 4 is 24.2 Å². The molecule has 94 valence electrons. The summed E-state index contributed by atoms with van der Waals surface area (Å²) in [6.07, 6.45) is -0.220. The number of halogens is 1. The van der Waals surface area contributed by atoms with Crippen LogP contribution in [0.1, 0.15) is 16.8 Å². The van der Waals surface area contributed by atoms with Crippen LogP contribution in [0.15, 0.2) is 24.3 Å². The maximum atomic E-state index is 11.6. The van der Waals surface area contributed by atoms with Gasteiger partial charge < -0.3 is 15.6 Å². The van der Waals surface area contributed by atoms with Crippen LogP contribution in [0, 0.1) is 0 Å². The third kappa shape index (κ3) is 4.42. The molecular formula is C11H14ClNO4. The van der Waals surface area contributed by atoms with Crippen molar-refractivity contribution < 1.29 is 19.4 Å². The Labute approximate surface area is 105 Å². The summed E-state index contributed by atoms with van der Waals surface area (Å²) in [5.41, 5.74) is 5.67. The van der Waals surface area contributed by atoms with Gasteiger partial charge in [0, 0.05) is 12.0 Å². The predicted molar refractivity (Wildman–Crippen MR) is 64.8 cm³/mol. The van der Waals surface area contributed by atoms with E-state index in [1.54, 1.807) is 24.3 Å². The highest BCUT2D eigenvalue weighted by molar-refractivity contribution is 5.98. The molecule has 0 aliphatic heterocycles. The van der Waals surface area contributed by atoms with Gasteiger partial charge in [0.25, 0.3) is 0 Å². The molecule has 0 aliphatic rings. The first-order valence-electron chi connectivity index (χ1n) is 4.70. The summed E-state index contributed by atoms with van der Waals surface area (Å²) in [5, 5.41) is 8.58. The Balaban J connectivity index is 0.00000256. The molecule has 0 aromatic heterocycles. The molecule has 0 amide bonds. The van der Waals surface area contributed by atoms with Gasteiger partial charge >= 0.3 is 5.97 Å². The van der Waals surface area contributed by atoms with E-state index in [-0.39, 0.29) is 24.6 Å². The van der Waals surface area contributed by atoms with Crippen LogP contribution in [0.4, 0.5) is 0 Å². The summed E-state index contributed by atoms with van der Waals surface area (Å²) < 4.78 is 4.96. The van der Waals surface area contributed by atoms with Gasteiger partial charge in [-0.15, -0.1) is 12.4 Å². The van der Waals surface area contributed by atoms with Gasteiger partial charge in [0.05, 0.1) is 7.11 Å². The average molecular weight is 260 g/mol. The number of rotatable bonds is 5. The van der Waals surface area contributed by atoms with Crippen LogP contribution in [0.2, 0.25) is 0 Å². The van der Waals surface area contributed by atoms with E-state index in [0.29, 0.717) is 11.3 Å². The zero-order chi connectivity index (χ0) is 12.1. The third-order valence-electron chi connectivity index (χ3n) is 2.11. The van der Waals surface area contributed by atoms with Gasteiger partial charge in [-0.05, 0) is 12.1 Å². The van der Waals surface area contributed by atoms with E-state index < -0.39 is 12.0 Å². The van der Waals surface area contributed by atoms with Crippen molar-refractivity contribution in [3.8, 4) is 5.75 Å². The second-order valence-electron chi connectivity index (χ2n) is 3.30. The summed E-state index contributed by atoms with van der Waals surface area (Å²) in [5.74, 6) is -0.945. The molecule has 0 bridgehead atoms. The monoisotopic (exact) mass is 259 g/mol. The largest absolute Gasteiger partial charge is 0.497 e. The molecule has 0 fully saturated rings. The number of benzene rings is 1. The highest BCUT2D eigenvalue weighted by Gasteiger charge is 2.17. The van der Waals surface area contributed by atoms with E-state index in [0.717, 1.165) is 0 Å². The fraction of sp³-hybridized carbons (Fsp3) is 0.273. The molecule has 0 heterocycles. The zero-order valence-electron chi connectivity index (χ0n) is 9.25. The van der Waals surface area contributed by atoms with Gasteiger partial charge in [0.1, 0.15) is 11.8 Å². The van der Waals surface area contributed by atoms with Crippen LogP contribution in [-0.4, -0.2) is 30.0 Å². The number of ketones is 1. The van der Waals surface area contributed by atoms with Crippen LogP contribution in [0.25, 0.3) is 0 Å². The molecule has 0 saturated heterocycles. The molecule has 0 radical (unpaired) electrons. The van der Waals surface area contributed by atoms with Gasteiger partial charge in [0.2, 0.25) is 0 Å². The first kappa shape index (κ1) is 15.4. The summed E-state index contributed by atoms with van der Waals surface area (Å²) in [7, 11) is 1.49. The van der Waals surface area contributed by atoms with E-state index in [9.17, 15) is 9.59 Å². The summed E-state index contributed by atoms with van der Waals surface area (Å²) in [6.45, 7) is 0. The van der Waals surface area contributed by atoms with E-state index in [4.69, 9.17) is 15.6 Å². The smallest absolute Gasteiger partial charge is 0.320 e. The molecule has 1 atom stereocenters. The SMILES string of the molecule is COc1cccc(C(=O)C[C@H](N)C(=O)O)c1.Cl. The van der Waals surface area contributed by atoms with Crippen molar-refractivity contribution in [3.63, 3.8) is 0 Å². The van der Waals surface area contributed by atoms with E-state index in [1.165, 1.54) is 7.11 Å². The lowest BCUT2D eigenvalue weighted by Crippen LogP contribution is -2.32. The van der Waals surface area contributed by atoms with E-state index in [2.05, 4.69) is 0 Å². The quantitative estimate of drug-likeness (QED) is 0.773. The normalized spacial score (nSPS) is 11.2. The molecule has 0 saturated carbocycles. The van der Waals surface area contributed by atoms with Gasteiger partial charge in [-0.1, -0.05) is 12.1 Å². The third-order valence-corrected chi connectivity index (χ3v) is 2.11. The lowest BCUT2D eigenvalue weighted by atomic mass is 10.0. The lowest BCUT2D eigenvalue weighted by molar-refractivity contribution is -0.138. The number of ether oxygens (including phenoxy) is 1. The van der Waals surface area contributed by atoms with E-state index in [1.807, 2.05) is 0 Å². The molecule has 6 heteroatoms. The van der Waals surface area contributed by atoms with Crippen LogP contribution in [-0.2, 0) is 4.79 Å². The Bertz CT molecular complexity index is 408. The Morgan fingerprint density at radius 2 is 2.12 bits per heavy atom. The molecular weight excluding hydrogens is 246 g/mol. The highest BCUT2D eigenvalue weighted by atomic mass is 35.5. The van der Waals surface area contributed by atoms with Gasteiger partial charge in [-0.25, -0.2) is 0 Å². The molecule has 1 aromatic carbocycles. The highest BCUT2D eigenvalue weighted by Crippen LogP contribution is 2.14. The maximum absolute atomic E-state index is 11.6. The van der Waals surface area contributed by atoms with Gasteiger partial charge in [-0.3, -0.25) is 9.59 Å². The van der Waals surface area contributed by atoms with Crippen molar-refractivity contribution in [2.45, 2.75) is 12.5 Å². The number of hydrogen-bond acceptors (Lipinski definition) is 4. The number of carbonyl (C=O) groups is 2. The molecule has 0 spiro atoms. The molecule has 0 aliphatic carbocycles. The maximum Gasteiger partial charge on any atom is 0.320 e. The van der Waals surface area contributed by atoms with Crippen LogP contribution < -0.4 is 10.5 Å². The summed E-state index contributed by atoms with van der Waals surface area (Å²) in [6, 6.07) is 5.35. The summed E-state index contributed by atoms with van der Waals surface area (Å²) in [4.78, 5) is 22.1. The minimum Gasteiger partial charge on any atom is -0.497 e. The van der Waals surface area contributed by atoms with Crippen LogP contribution in [0.3, 0.4) is 0 Å². The first-order chi connectivity index (χ1) is 7.54. The first-order valence-corrected chi connectivity index (χ1v) is 4.70. The average Bonchev–Trinajstić information content (AvgIpc) is 2.28. The molecule has 3 N–H and O–H groups in total. The molecule has 0 unspecified atom stereocenters. The fourth-order valence-electron chi connectivity index (χ4n) is 1.20. The van der Waals surface area contributed by atoms with Crippen LogP contribution in [0.5, 0.6) is 5.75 Å². The fourth-order valence-corrected chi connectivity index (χ4v) is 1.20. The molecule has 1 rings (SSSR count). The Hall–Kier alpha value is -1.59. The van der Waals surface area contributed by atoms with Crippen molar-refractivity contribution in [2.24, 2.45) is 5.73 Å². The van der Waals surface area contributed by atoms with Crippen LogP contribution >= 0.6 is 12.4 Å². The van der Waals surface area contributed by atoms with Gasteiger partial charge in [0.15, 0.2) is 5.78 Å². The Morgan fingerprint density at radius 3 is 2.65 bits per heavy atom. The minimum atomic E-state index is -1.18. The zero-order valence-corrected chi connectivity index (χ0v) is 10.1. The topological polar surface area (TPSA) is 89.6 Å². The summed E-state index contributed by atoms with van der Waals surface area (Å²) >= 11 is 0. The number of carboxylic acid groups (broad SMARTS) is 1. The van der Waals surface area contributed by atoms with Crippen molar-refractivity contribution in [1.29, 1.82) is 0 Å². The number of carboxylic acids is 1. The Morgan fingerprint density at radius 1 is 1.47 bits per heavy atom. The second-order valence-corrected chi connectivity index (χ2v) is 3.30. The van der Waals surface area contributed by atoms with E-state index >= 15 is 0 Å². The predicted octanol–water partition coefficient (Wildman–Crippen LogP) is 1.10. The number of methoxy groups -OCH3 is 1. The molecule has 17 heavy (non-hydrogen) atoms. The van der Waals surface area contributed by atoms with Gasteiger partial charge in [-0.2, -0.15) is 0 Å². The van der Waals surface area contributed by atoms with Crippen molar-refractivity contribution in [3.05, 3.63) is 29.8 Å². The number of hydrogen-bond donors (Lipinski definition) is 2. The minimum absolute atomic E-state index is 0. The number of nitrogens with two attached hydrogens (primary N) is 1. The number of aliphatic carboxylic acids is 1. The molecule has 1 aromatic rings. The number of carbonyl (C=O) groups excluding carboxylic acids is 1. The number of Topliss-reactive ketones (excluding diaryl/α,β-unsaturated/α-hetero) is 1. The molecule has 5 nitrogen and oxygen atoms in total. The van der Waals surface area contributed by atoms with Crippen molar-refractivity contribution in [1.82, 2.24) is 0 Å². The second kappa shape index (κ2) is 6.88. The lowest BCUT2D eigenvalue weighted by Gasteiger charge is -2.06.